The van der Waals surface area contributed by atoms with Crippen LogP contribution in [0, 0.1) is 5.82 Å². The fraction of sp³-hybridized carbons (Fsp3) is 0.357. The van der Waals surface area contributed by atoms with E-state index in [0.29, 0.717) is 11.5 Å². The highest BCUT2D eigenvalue weighted by Crippen LogP contribution is 2.39. The van der Waals surface area contributed by atoms with Gasteiger partial charge in [0, 0.05) is 20.7 Å². The quantitative estimate of drug-likeness (QED) is 0.609. The summed E-state index contributed by atoms with van der Waals surface area (Å²) < 4.78 is 19.5. The zero-order valence-corrected chi connectivity index (χ0v) is 12.9. The largest absolute Gasteiger partial charge is 0.463 e. The molecule has 1 aliphatic heterocycles. The molecule has 0 aliphatic carbocycles. The highest BCUT2D eigenvalue weighted by Gasteiger charge is 2.21. The number of fused-ring (bicyclic) bond motifs is 1. The second kappa shape index (κ2) is 6.57. The summed E-state index contributed by atoms with van der Waals surface area (Å²) in [5.41, 5.74) is 1.03. The van der Waals surface area contributed by atoms with Gasteiger partial charge in [0.15, 0.2) is 0 Å². The standard InChI is InChI=1S/C14H14BrFO2S/c1-2-18-13(17)6-5-11-4-3-9-7-10(15)8-12(16)14(9)19-11/h5-8,11H,2-4H2,1H3/b6-5+. The fourth-order valence-electron chi connectivity index (χ4n) is 1.95. The van der Waals surface area contributed by atoms with Crippen molar-refractivity contribution in [3.63, 3.8) is 0 Å². The number of carbonyl (C=O) groups is 1. The molecule has 1 heterocycles. The maximum atomic E-state index is 13.9. The van der Waals surface area contributed by atoms with Crippen molar-refractivity contribution >= 4 is 33.7 Å². The number of ether oxygens (including phenoxy) is 1. The van der Waals surface area contributed by atoms with Crippen molar-refractivity contribution < 1.29 is 13.9 Å². The average Bonchev–Trinajstić information content (AvgIpc) is 2.37. The van der Waals surface area contributed by atoms with Gasteiger partial charge in [-0.15, -0.1) is 11.8 Å². The van der Waals surface area contributed by atoms with Gasteiger partial charge in [0.25, 0.3) is 0 Å². The van der Waals surface area contributed by atoms with Crippen LogP contribution in [0.5, 0.6) is 0 Å². The Bertz CT molecular complexity index is 516. The van der Waals surface area contributed by atoms with Crippen LogP contribution in [-0.2, 0) is 16.0 Å². The van der Waals surface area contributed by atoms with Gasteiger partial charge in [-0.25, -0.2) is 9.18 Å². The predicted molar refractivity (Wildman–Crippen MR) is 77.8 cm³/mol. The highest BCUT2D eigenvalue weighted by atomic mass is 79.9. The van der Waals surface area contributed by atoms with Gasteiger partial charge in [0.05, 0.1) is 6.61 Å². The summed E-state index contributed by atoms with van der Waals surface area (Å²) in [6.07, 6.45) is 4.94. The molecule has 1 aromatic rings. The molecule has 1 atom stereocenters. The van der Waals surface area contributed by atoms with Crippen molar-refractivity contribution in [1.82, 2.24) is 0 Å². The molecule has 0 fully saturated rings. The number of carbonyl (C=O) groups excluding carboxylic acids is 1. The summed E-state index contributed by atoms with van der Waals surface area (Å²) in [5, 5.41) is 0.118. The molecule has 0 bridgehead atoms. The van der Waals surface area contributed by atoms with Crippen LogP contribution in [0.4, 0.5) is 4.39 Å². The summed E-state index contributed by atoms with van der Waals surface area (Å²) in [6, 6.07) is 3.43. The number of halogens is 2. The van der Waals surface area contributed by atoms with Crippen molar-refractivity contribution in [1.29, 1.82) is 0 Å². The minimum absolute atomic E-state index is 0.118. The normalized spacial score (nSPS) is 18.4. The molecule has 0 saturated carbocycles. The van der Waals surface area contributed by atoms with Crippen LogP contribution < -0.4 is 0 Å². The molecule has 1 unspecified atom stereocenters. The Morgan fingerprint density at radius 3 is 3.16 bits per heavy atom. The Kier molecular flexibility index (Phi) is 5.05. The van der Waals surface area contributed by atoms with Gasteiger partial charge < -0.3 is 4.74 Å². The van der Waals surface area contributed by atoms with E-state index in [1.807, 2.05) is 6.07 Å². The number of aryl methyl sites for hydroxylation is 1. The van der Waals surface area contributed by atoms with Crippen molar-refractivity contribution in [2.75, 3.05) is 6.61 Å². The van der Waals surface area contributed by atoms with Crippen molar-refractivity contribution in [2.24, 2.45) is 0 Å². The summed E-state index contributed by atoms with van der Waals surface area (Å²) in [4.78, 5) is 11.9. The number of hydrogen-bond acceptors (Lipinski definition) is 3. The molecular weight excluding hydrogens is 331 g/mol. The fourth-order valence-corrected chi connectivity index (χ4v) is 3.61. The number of rotatable bonds is 3. The number of benzene rings is 1. The topological polar surface area (TPSA) is 26.3 Å². The van der Waals surface area contributed by atoms with Crippen molar-refractivity contribution in [3.05, 3.63) is 40.1 Å². The first-order valence-corrected chi connectivity index (χ1v) is 7.77. The van der Waals surface area contributed by atoms with Crippen LogP contribution in [-0.4, -0.2) is 17.8 Å². The van der Waals surface area contributed by atoms with E-state index < -0.39 is 0 Å². The summed E-state index contributed by atoms with van der Waals surface area (Å²) in [6.45, 7) is 2.14. The first kappa shape index (κ1) is 14.6. The molecule has 0 spiro atoms. The van der Waals surface area contributed by atoms with Crippen molar-refractivity contribution in [3.8, 4) is 0 Å². The molecule has 19 heavy (non-hydrogen) atoms. The lowest BCUT2D eigenvalue weighted by Gasteiger charge is -2.22. The molecule has 0 aromatic heterocycles. The smallest absolute Gasteiger partial charge is 0.330 e. The lowest BCUT2D eigenvalue weighted by Crippen LogP contribution is -2.10. The first-order chi connectivity index (χ1) is 9.10. The van der Waals surface area contributed by atoms with E-state index in [0.717, 1.165) is 22.9 Å². The van der Waals surface area contributed by atoms with Crippen LogP contribution in [0.1, 0.15) is 18.9 Å². The molecule has 0 radical (unpaired) electrons. The lowest BCUT2D eigenvalue weighted by molar-refractivity contribution is -0.137. The summed E-state index contributed by atoms with van der Waals surface area (Å²) in [5.74, 6) is -0.547. The van der Waals surface area contributed by atoms with E-state index in [-0.39, 0.29) is 17.0 Å². The highest BCUT2D eigenvalue weighted by molar-refractivity contribution is 9.10. The predicted octanol–water partition coefficient (Wildman–Crippen LogP) is 4.11. The van der Waals surface area contributed by atoms with E-state index in [1.54, 1.807) is 13.0 Å². The maximum Gasteiger partial charge on any atom is 0.330 e. The molecule has 2 nitrogen and oxygen atoms in total. The van der Waals surface area contributed by atoms with Gasteiger partial charge >= 0.3 is 5.97 Å². The number of thioether (sulfide) groups is 1. The molecule has 0 amide bonds. The minimum atomic E-state index is -0.342. The molecule has 5 heteroatoms. The SMILES string of the molecule is CCOC(=O)/C=C/C1CCc2cc(Br)cc(F)c2S1. The Morgan fingerprint density at radius 2 is 2.42 bits per heavy atom. The molecule has 0 N–H and O–H groups in total. The Labute approximate surface area is 124 Å². The molecule has 0 saturated heterocycles. The zero-order valence-electron chi connectivity index (χ0n) is 10.5. The average molecular weight is 345 g/mol. The van der Waals surface area contributed by atoms with Crippen LogP contribution in [0.25, 0.3) is 0 Å². The molecule has 1 aromatic carbocycles. The Hall–Kier alpha value is -0.810. The van der Waals surface area contributed by atoms with E-state index in [4.69, 9.17) is 4.74 Å². The third-order valence-corrected chi connectivity index (χ3v) is 4.63. The Balaban J connectivity index is 2.08. The van der Waals surface area contributed by atoms with Gasteiger partial charge in [-0.3, -0.25) is 0 Å². The van der Waals surface area contributed by atoms with Gasteiger partial charge in [0.2, 0.25) is 0 Å². The second-order valence-corrected chi connectivity index (χ2v) is 6.35. The third kappa shape index (κ3) is 3.83. The Morgan fingerprint density at radius 1 is 1.63 bits per heavy atom. The van der Waals surface area contributed by atoms with E-state index in [2.05, 4.69) is 15.9 Å². The minimum Gasteiger partial charge on any atom is -0.463 e. The van der Waals surface area contributed by atoms with Crippen LogP contribution >= 0.6 is 27.7 Å². The van der Waals surface area contributed by atoms with Gasteiger partial charge in [-0.1, -0.05) is 22.0 Å². The second-order valence-electron chi connectivity index (χ2n) is 4.18. The van der Waals surface area contributed by atoms with Crippen LogP contribution in [0.15, 0.2) is 33.7 Å². The van der Waals surface area contributed by atoms with Gasteiger partial charge in [0.1, 0.15) is 5.82 Å². The molecule has 2 rings (SSSR count). The zero-order chi connectivity index (χ0) is 13.8. The molecule has 1 aliphatic rings. The van der Waals surface area contributed by atoms with E-state index in [9.17, 15) is 9.18 Å². The third-order valence-electron chi connectivity index (χ3n) is 2.79. The van der Waals surface area contributed by atoms with Crippen LogP contribution in [0.2, 0.25) is 0 Å². The first-order valence-electron chi connectivity index (χ1n) is 6.09. The van der Waals surface area contributed by atoms with Crippen LogP contribution in [0.3, 0.4) is 0 Å². The molecular formula is C14H14BrFO2S. The monoisotopic (exact) mass is 344 g/mol. The van der Waals surface area contributed by atoms with Gasteiger partial charge in [-0.2, -0.15) is 0 Å². The number of esters is 1. The summed E-state index contributed by atoms with van der Waals surface area (Å²) >= 11 is 4.76. The lowest BCUT2D eigenvalue weighted by atomic mass is 10.1. The van der Waals surface area contributed by atoms with Crippen molar-refractivity contribution in [2.45, 2.75) is 29.9 Å². The van der Waals surface area contributed by atoms with Gasteiger partial charge in [-0.05, 0) is 37.5 Å². The van der Waals surface area contributed by atoms with E-state index >= 15 is 0 Å². The summed E-state index contributed by atoms with van der Waals surface area (Å²) in [7, 11) is 0. The maximum absolute atomic E-state index is 13.9. The van der Waals surface area contributed by atoms with E-state index in [1.165, 1.54) is 23.9 Å². The number of hydrogen-bond donors (Lipinski definition) is 0. The molecule has 102 valence electrons.